The first-order chi connectivity index (χ1) is 8.02. The van der Waals surface area contributed by atoms with E-state index in [4.69, 9.17) is 9.47 Å². The van der Waals surface area contributed by atoms with E-state index in [2.05, 4.69) is 20.4 Å². The molecule has 0 saturated carbocycles. The average molecular weight is 244 g/mol. The van der Waals surface area contributed by atoms with Crippen LogP contribution in [0.3, 0.4) is 0 Å². The third-order valence-corrected chi connectivity index (χ3v) is 4.14. The van der Waals surface area contributed by atoms with Crippen molar-refractivity contribution in [3.63, 3.8) is 0 Å². The Hall–Kier alpha value is -0.420. The highest BCUT2D eigenvalue weighted by Gasteiger charge is 2.49. The number of aliphatic hydroxyl groups excluding tert-OH is 2. The summed E-state index contributed by atoms with van der Waals surface area (Å²) in [5.41, 5.74) is -0.905. The highest BCUT2D eigenvalue weighted by atomic mass is 16.7. The molecule has 17 heavy (non-hydrogen) atoms. The summed E-state index contributed by atoms with van der Waals surface area (Å²) in [6.07, 6.45) is 1.26. The SMILES string of the molecule is C=CCOC1OC(CO)(CO)[C@@H](C)[C@H](C)[C@H]1C. The summed E-state index contributed by atoms with van der Waals surface area (Å²) in [6, 6.07) is 0. The Kier molecular flexibility index (Phi) is 5.13. The number of hydrogen-bond donors (Lipinski definition) is 2. The third-order valence-electron chi connectivity index (χ3n) is 4.14. The minimum absolute atomic E-state index is 0.0797. The molecule has 0 aliphatic carbocycles. The molecule has 1 heterocycles. The van der Waals surface area contributed by atoms with Gasteiger partial charge in [-0.25, -0.2) is 0 Å². The van der Waals surface area contributed by atoms with Crippen molar-refractivity contribution in [2.24, 2.45) is 17.8 Å². The smallest absolute Gasteiger partial charge is 0.161 e. The lowest BCUT2D eigenvalue weighted by atomic mass is 9.72. The monoisotopic (exact) mass is 244 g/mol. The Morgan fingerprint density at radius 3 is 2.29 bits per heavy atom. The number of aliphatic hydroxyl groups is 2. The van der Waals surface area contributed by atoms with E-state index >= 15 is 0 Å². The molecule has 0 aromatic heterocycles. The fourth-order valence-electron chi connectivity index (χ4n) is 2.39. The molecule has 0 spiro atoms. The molecule has 0 aromatic carbocycles. The fraction of sp³-hybridized carbons (Fsp3) is 0.846. The van der Waals surface area contributed by atoms with E-state index in [1.807, 2.05) is 6.92 Å². The van der Waals surface area contributed by atoms with E-state index in [1.165, 1.54) is 0 Å². The second-order valence-electron chi connectivity index (χ2n) is 5.00. The summed E-state index contributed by atoms with van der Waals surface area (Å²) < 4.78 is 11.4. The van der Waals surface area contributed by atoms with Gasteiger partial charge in [-0.15, -0.1) is 6.58 Å². The van der Waals surface area contributed by atoms with Gasteiger partial charge in [0.15, 0.2) is 6.29 Å². The Bertz CT molecular complexity index is 250. The Morgan fingerprint density at radius 1 is 1.24 bits per heavy atom. The second kappa shape index (κ2) is 5.96. The maximum atomic E-state index is 9.50. The largest absolute Gasteiger partial charge is 0.393 e. The minimum atomic E-state index is -0.905. The first kappa shape index (κ1) is 14.6. The van der Waals surface area contributed by atoms with Crippen molar-refractivity contribution in [2.75, 3.05) is 19.8 Å². The summed E-state index contributed by atoms with van der Waals surface area (Å²) >= 11 is 0. The van der Waals surface area contributed by atoms with E-state index < -0.39 is 11.9 Å². The first-order valence-corrected chi connectivity index (χ1v) is 6.14. The molecule has 1 aliphatic heterocycles. The topological polar surface area (TPSA) is 58.9 Å². The van der Waals surface area contributed by atoms with Gasteiger partial charge in [0, 0.05) is 5.92 Å². The summed E-state index contributed by atoms with van der Waals surface area (Å²) in [5, 5.41) is 19.0. The highest BCUT2D eigenvalue weighted by Crippen LogP contribution is 2.41. The molecule has 1 aliphatic rings. The van der Waals surface area contributed by atoms with Gasteiger partial charge in [-0.3, -0.25) is 0 Å². The molecular formula is C13H24O4. The molecule has 1 rings (SSSR count). The van der Waals surface area contributed by atoms with Gasteiger partial charge >= 0.3 is 0 Å². The van der Waals surface area contributed by atoms with Crippen LogP contribution in [0.1, 0.15) is 20.8 Å². The van der Waals surface area contributed by atoms with Crippen LogP contribution in [-0.4, -0.2) is 41.9 Å². The highest BCUT2D eigenvalue weighted by molar-refractivity contribution is 4.94. The lowest BCUT2D eigenvalue weighted by molar-refractivity contribution is -0.303. The molecule has 4 nitrogen and oxygen atoms in total. The third kappa shape index (κ3) is 2.71. The zero-order chi connectivity index (χ0) is 13.1. The van der Waals surface area contributed by atoms with Crippen molar-refractivity contribution in [3.05, 3.63) is 12.7 Å². The van der Waals surface area contributed by atoms with Crippen molar-refractivity contribution in [2.45, 2.75) is 32.7 Å². The van der Waals surface area contributed by atoms with E-state index in [9.17, 15) is 10.2 Å². The molecular weight excluding hydrogens is 220 g/mol. The lowest BCUT2D eigenvalue weighted by Gasteiger charge is -2.49. The normalized spacial score (nSPS) is 36.8. The van der Waals surface area contributed by atoms with Gasteiger partial charge in [0.05, 0.1) is 19.8 Å². The predicted octanol–water partition coefficient (Wildman–Crippen LogP) is 1.18. The summed E-state index contributed by atoms with van der Waals surface area (Å²) in [6.45, 7) is 9.77. The van der Waals surface area contributed by atoms with Crippen LogP contribution in [0.4, 0.5) is 0 Å². The van der Waals surface area contributed by atoms with Gasteiger partial charge in [0.25, 0.3) is 0 Å². The van der Waals surface area contributed by atoms with Crippen molar-refractivity contribution < 1.29 is 19.7 Å². The van der Waals surface area contributed by atoms with Crippen LogP contribution < -0.4 is 0 Å². The number of hydrogen-bond acceptors (Lipinski definition) is 4. The van der Waals surface area contributed by atoms with Crippen LogP contribution in [0.5, 0.6) is 0 Å². The van der Waals surface area contributed by atoms with E-state index in [-0.39, 0.29) is 25.0 Å². The van der Waals surface area contributed by atoms with E-state index in [0.29, 0.717) is 12.5 Å². The summed E-state index contributed by atoms with van der Waals surface area (Å²) in [7, 11) is 0. The molecule has 100 valence electrons. The summed E-state index contributed by atoms with van der Waals surface area (Å²) in [5.74, 6) is 0.602. The van der Waals surface area contributed by atoms with Crippen LogP contribution in [0, 0.1) is 17.8 Å². The zero-order valence-corrected chi connectivity index (χ0v) is 10.9. The van der Waals surface area contributed by atoms with Crippen LogP contribution >= 0.6 is 0 Å². The minimum Gasteiger partial charge on any atom is -0.393 e. The van der Waals surface area contributed by atoms with Gasteiger partial charge in [-0.05, 0) is 11.8 Å². The second-order valence-corrected chi connectivity index (χ2v) is 5.00. The molecule has 2 N–H and O–H groups in total. The molecule has 1 unspecified atom stereocenters. The fourth-order valence-corrected chi connectivity index (χ4v) is 2.39. The van der Waals surface area contributed by atoms with Crippen LogP contribution in [0.15, 0.2) is 12.7 Å². The maximum Gasteiger partial charge on any atom is 0.161 e. The average Bonchev–Trinajstić information content (AvgIpc) is 2.36. The van der Waals surface area contributed by atoms with Crippen molar-refractivity contribution in [1.29, 1.82) is 0 Å². The molecule has 0 aromatic rings. The molecule has 0 bridgehead atoms. The van der Waals surface area contributed by atoms with Crippen molar-refractivity contribution in [1.82, 2.24) is 0 Å². The quantitative estimate of drug-likeness (QED) is 0.713. The van der Waals surface area contributed by atoms with Crippen LogP contribution in [0.2, 0.25) is 0 Å². The van der Waals surface area contributed by atoms with Crippen molar-refractivity contribution in [3.8, 4) is 0 Å². The molecule has 1 saturated heterocycles. The maximum absolute atomic E-state index is 9.50. The van der Waals surface area contributed by atoms with Gasteiger partial charge in [0.1, 0.15) is 5.60 Å². The van der Waals surface area contributed by atoms with Crippen molar-refractivity contribution >= 4 is 0 Å². The van der Waals surface area contributed by atoms with Gasteiger partial charge < -0.3 is 19.7 Å². The Balaban J connectivity index is 2.85. The molecule has 0 radical (unpaired) electrons. The summed E-state index contributed by atoms with van der Waals surface area (Å²) in [4.78, 5) is 0. The first-order valence-electron chi connectivity index (χ1n) is 6.14. The lowest BCUT2D eigenvalue weighted by Crippen LogP contribution is -2.58. The van der Waals surface area contributed by atoms with E-state index in [0.717, 1.165) is 0 Å². The van der Waals surface area contributed by atoms with Crippen LogP contribution in [0.25, 0.3) is 0 Å². The van der Waals surface area contributed by atoms with E-state index in [1.54, 1.807) is 6.08 Å². The van der Waals surface area contributed by atoms with Crippen LogP contribution in [-0.2, 0) is 9.47 Å². The van der Waals surface area contributed by atoms with Gasteiger partial charge in [0.2, 0.25) is 0 Å². The Morgan fingerprint density at radius 2 is 1.82 bits per heavy atom. The molecule has 4 atom stereocenters. The number of rotatable bonds is 5. The molecule has 1 fully saturated rings. The zero-order valence-electron chi connectivity index (χ0n) is 10.9. The Labute approximate surface area is 103 Å². The molecule has 0 amide bonds. The van der Waals surface area contributed by atoms with Gasteiger partial charge in [-0.1, -0.05) is 26.8 Å². The molecule has 4 heteroatoms. The number of ether oxygens (including phenoxy) is 2. The van der Waals surface area contributed by atoms with Gasteiger partial charge in [-0.2, -0.15) is 0 Å². The standard InChI is InChI=1S/C13H24O4/c1-5-6-16-12-10(3)9(2)11(4)13(7-14,8-15)17-12/h5,9-12,14-15H,1,6-8H2,2-4H3/t9-,10-,11+,12?/m1/s1. The predicted molar refractivity (Wildman–Crippen MR) is 65.4 cm³/mol.